The molecule has 3 aromatic rings. The van der Waals surface area contributed by atoms with Crippen molar-refractivity contribution in [3.05, 3.63) is 54.1 Å². The van der Waals surface area contributed by atoms with E-state index in [9.17, 15) is 5.11 Å². The maximum atomic E-state index is 9.63. The van der Waals surface area contributed by atoms with Gasteiger partial charge in [-0.2, -0.15) is 0 Å². The molecule has 3 rings (SSSR count). The fourth-order valence-electron chi connectivity index (χ4n) is 2.18. The van der Waals surface area contributed by atoms with Gasteiger partial charge < -0.3 is 25.9 Å². The average Bonchev–Trinajstić information content (AvgIpc) is 2.65. The maximum absolute atomic E-state index is 9.63. The molecule has 3 aromatic carbocycles. The molecule has 0 fully saturated rings. The Morgan fingerprint density at radius 3 is 2.04 bits per heavy atom. The van der Waals surface area contributed by atoms with Crippen LogP contribution >= 0.6 is 12.0 Å². The van der Waals surface area contributed by atoms with Crippen LogP contribution in [0, 0.1) is 6.92 Å². The number of fused-ring (bicyclic) bond motifs is 1. The molecule has 0 unspecified atom stereocenters. The molecule has 0 bridgehead atoms. The van der Waals surface area contributed by atoms with Gasteiger partial charge in [0.25, 0.3) is 0 Å². The summed E-state index contributed by atoms with van der Waals surface area (Å²) in [6.07, 6.45) is 0. The number of phenols is 2. The van der Waals surface area contributed by atoms with Crippen molar-refractivity contribution in [2.45, 2.75) is 25.7 Å². The summed E-state index contributed by atoms with van der Waals surface area (Å²) in [4.78, 5) is 0.861. The van der Waals surface area contributed by atoms with Crippen molar-refractivity contribution in [2.24, 2.45) is 0 Å². The largest absolute Gasteiger partial charge is 0.506 e. The monoisotopic (exact) mass is 374 g/mol. The van der Waals surface area contributed by atoms with Crippen LogP contribution in [0.1, 0.15) is 19.4 Å². The minimum Gasteiger partial charge on any atom is -0.506 e. The average molecular weight is 375 g/mol. The highest BCUT2D eigenvalue weighted by atomic mass is 32.2. The van der Waals surface area contributed by atoms with E-state index in [-0.39, 0.29) is 11.5 Å². The van der Waals surface area contributed by atoms with Gasteiger partial charge in [-0.3, -0.25) is 0 Å². The predicted molar refractivity (Wildman–Crippen MR) is 111 cm³/mol. The van der Waals surface area contributed by atoms with E-state index in [0.29, 0.717) is 11.4 Å². The summed E-state index contributed by atoms with van der Waals surface area (Å²) in [5, 5.41) is 20.4. The zero-order valence-corrected chi connectivity index (χ0v) is 16.3. The van der Waals surface area contributed by atoms with Crippen molar-refractivity contribution in [1.29, 1.82) is 0 Å². The Labute approximate surface area is 158 Å². The molecule has 0 aliphatic carbocycles. The predicted octanol–water partition coefficient (Wildman–Crippen LogP) is 5.09. The third-order valence-corrected chi connectivity index (χ3v) is 4.07. The van der Waals surface area contributed by atoms with Gasteiger partial charge in [-0.05, 0) is 36.1 Å². The van der Waals surface area contributed by atoms with Crippen LogP contribution < -0.4 is 11.5 Å². The number of nitrogens with two attached hydrogens (primary N) is 2. The Hall–Kier alpha value is -2.57. The zero-order chi connectivity index (χ0) is 19.7. The van der Waals surface area contributed by atoms with E-state index in [0.717, 1.165) is 21.2 Å². The topological polar surface area (TPSA) is 102 Å². The Balaban J connectivity index is 0.000000263. The summed E-state index contributed by atoms with van der Waals surface area (Å²) >= 11 is 1.21. The number of aryl methyl sites for hydroxylation is 1. The molecule has 5 nitrogen and oxygen atoms in total. The summed E-state index contributed by atoms with van der Waals surface area (Å²) in [6, 6.07) is 14.4. The van der Waals surface area contributed by atoms with Gasteiger partial charge in [0.15, 0.2) is 0 Å². The normalized spacial score (nSPS) is 9.69. The number of phenolic OH excluding ortho intramolecular Hbond substituents is 2. The Bertz CT molecular complexity index is 854. The van der Waals surface area contributed by atoms with E-state index < -0.39 is 0 Å². The van der Waals surface area contributed by atoms with Crippen LogP contribution in [0.15, 0.2) is 53.4 Å². The summed E-state index contributed by atoms with van der Waals surface area (Å²) in [5.74, 6) is 0.244. The van der Waals surface area contributed by atoms with E-state index in [1.54, 1.807) is 25.3 Å². The zero-order valence-electron chi connectivity index (χ0n) is 15.5. The molecule has 0 heterocycles. The molecular weight excluding hydrogens is 348 g/mol. The minimum absolute atomic E-state index is 0.0910. The maximum Gasteiger partial charge on any atom is 0.140 e. The number of anilines is 2. The number of rotatable bonds is 2. The molecule has 0 saturated heterocycles. The highest BCUT2D eigenvalue weighted by Gasteiger charge is 2.08. The van der Waals surface area contributed by atoms with Crippen molar-refractivity contribution in [1.82, 2.24) is 0 Å². The SMILES string of the molecule is CC.COSc1cc(O)c(N)c2ccccc12.Cc1ccc(O)c(N)c1. The van der Waals surface area contributed by atoms with Crippen LogP contribution in [-0.2, 0) is 4.18 Å². The summed E-state index contributed by atoms with van der Waals surface area (Å²) < 4.78 is 5.00. The molecule has 6 N–H and O–H groups in total. The fraction of sp³-hybridized carbons (Fsp3) is 0.200. The summed E-state index contributed by atoms with van der Waals surface area (Å²) in [5.41, 5.74) is 13.1. The first-order valence-electron chi connectivity index (χ1n) is 8.20. The highest BCUT2D eigenvalue weighted by molar-refractivity contribution is 7.94. The van der Waals surface area contributed by atoms with Gasteiger partial charge in [0.1, 0.15) is 11.5 Å². The van der Waals surface area contributed by atoms with Crippen LogP contribution in [0.4, 0.5) is 11.4 Å². The van der Waals surface area contributed by atoms with Gasteiger partial charge in [0.2, 0.25) is 0 Å². The third-order valence-electron chi connectivity index (χ3n) is 3.38. The van der Waals surface area contributed by atoms with E-state index in [1.807, 2.05) is 51.1 Å². The van der Waals surface area contributed by atoms with Gasteiger partial charge in [-0.25, -0.2) is 0 Å². The van der Waals surface area contributed by atoms with Crippen molar-refractivity contribution >= 4 is 34.2 Å². The van der Waals surface area contributed by atoms with Crippen LogP contribution in [0.2, 0.25) is 0 Å². The van der Waals surface area contributed by atoms with Gasteiger partial charge in [0, 0.05) is 22.3 Å². The second-order valence-electron chi connectivity index (χ2n) is 5.17. The van der Waals surface area contributed by atoms with E-state index in [4.69, 9.17) is 20.8 Å². The second kappa shape index (κ2) is 10.4. The van der Waals surface area contributed by atoms with Gasteiger partial charge in [-0.15, -0.1) is 0 Å². The lowest BCUT2D eigenvalue weighted by molar-refractivity contribution is 0.475. The molecule has 26 heavy (non-hydrogen) atoms. The lowest BCUT2D eigenvalue weighted by Gasteiger charge is -2.08. The van der Waals surface area contributed by atoms with Crippen LogP contribution in [0.5, 0.6) is 11.5 Å². The molecule has 0 aromatic heterocycles. The van der Waals surface area contributed by atoms with Crippen LogP contribution in [0.3, 0.4) is 0 Å². The first-order chi connectivity index (χ1) is 12.4. The molecule has 140 valence electrons. The molecule has 0 radical (unpaired) electrons. The molecule has 0 amide bonds. The molecular formula is C20H26N2O3S. The smallest absolute Gasteiger partial charge is 0.140 e. The third kappa shape index (κ3) is 5.47. The summed E-state index contributed by atoms with van der Waals surface area (Å²) in [7, 11) is 1.59. The van der Waals surface area contributed by atoms with Crippen molar-refractivity contribution < 1.29 is 14.4 Å². The van der Waals surface area contributed by atoms with Crippen molar-refractivity contribution in [3.63, 3.8) is 0 Å². The number of nitrogen functional groups attached to an aromatic ring is 2. The van der Waals surface area contributed by atoms with Crippen LogP contribution in [0.25, 0.3) is 10.8 Å². The number of hydrogen-bond donors (Lipinski definition) is 4. The Morgan fingerprint density at radius 2 is 1.50 bits per heavy atom. The summed E-state index contributed by atoms with van der Waals surface area (Å²) in [6.45, 7) is 5.93. The first kappa shape index (κ1) is 21.5. The molecule has 0 atom stereocenters. The molecule has 6 heteroatoms. The van der Waals surface area contributed by atoms with E-state index in [1.165, 1.54) is 12.0 Å². The lowest BCUT2D eigenvalue weighted by atomic mass is 10.1. The van der Waals surface area contributed by atoms with Gasteiger partial charge in [0.05, 0.1) is 18.5 Å². The minimum atomic E-state index is 0.0910. The Kier molecular flexibility index (Phi) is 8.61. The van der Waals surface area contributed by atoms with Gasteiger partial charge in [-0.1, -0.05) is 44.2 Å². The lowest BCUT2D eigenvalue weighted by Crippen LogP contribution is -1.89. The number of aromatic hydroxyl groups is 2. The van der Waals surface area contributed by atoms with Crippen LogP contribution in [-0.4, -0.2) is 17.3 Å². The van der Waals surface area contributed by atoms with E-state index >= 15 is 0 Å². The first-order valence-corrected chi connectivity index (χ1v) is 8.94. The van der Waals surface area contributed by atoms with Crippen molar-refractivity contribution in [2.75, 3.05) is 18.6 Å². The second-order valence-corrected chi connectivity index (χ2v) is 6.11. The number of hydrogen-bond acceptors (Lipinski definition) is 6. The molecule has 0 aliphatic rings. The molecule has 0 saturated carbocycles. The standard InChI is InChI=1S/C11H11NO2S.C7H9NO.C2H6/c1-14-15-10-6-9(13)11(12)8-5-3-2-4-7(8)10;1-5-2-3-7(9)6(8)4-5;1-2/h2-6,13H,12H2,1H3;2-4,9H,8H2,1H3;1-2H3. The van der Waals surface area contributed by atoms with Crippen molar-refractivity contribution in [3.8, 4) is 11.5 Å². The highest BCUT2D eigenvalue weighted by Crippen LogP contribution is 2.37. The quantitative estimate of drug-likeness (QED) is 0.283. The number of benzene rings is 3. The Morgan fingerprint density at radius 1 is 0.885 bits per heavy atom. The van der Waals surface area contributed by atoms with Gasteiger partial charge >= 0.3 is 0 Å². The molecule has 0 spiro atoms. The van der Waals surface area contributed by atoms with E-state index in [2.05, 4.69) is 0 Å². The fourth-order valence-corrected chi connectivity index (χ4v) is 2.79. The molecule has 0 aliphatic heterocycles.